The third-order valence-corrected chi connectivity index (χ3v) is 3.07. The number of ether oxygens (including phenoxy) is 1. The van der Waals surface area contributed by atoms with Crippen molar-refractivity contribution in [1.82, 2.24) is 4.98 Å². The average molecular weight is 276 g/mol. The summed E-state index contributed by atoms with van der Waals surface area (Å²) in [4.78, 5) is 3.57. The summed E-state index contributed by atoms with van der Waals surface area (Å²) in [6.45, 7) is 1.76. The number of hydrogen-bond acceptors (Lipinski definition) is 2. The highest BCUT2D eigenvalue weighted by Gasteiger charge is 2.33. The molecule has 0 unspecified atom stereocenters. The van der Waals surface area contributed by atoms with E-state index in [1.165, 1.54) is 13.2 Å². The van der Waals surface area contributed by atoms with Crippen LogP contribution >= 0.6 is 11.6 Å². The van der Waals surface area contributed by atoms with E-state index in [1.54, 1.807) is 13.0 Å². The predicted molar refractivity (Wildman–Crippen MR) is 63.0 cm³/mol. The van der Waals surface area contributed by atoms with Crippen molar-refractivity contribution >= 4 is 22.5 Å². The molecule has 0 aliphatic rings. The molecule has 1 aromatic carbocycles. The SMILES string of the molecule is COc1cc(C(F)(F)F)nc2ccc(C)c(Cl)c12. The van der Waals surface area contributed by atoms with Crippen molar-refractivity contribution in [2.45, 2.75) is 13.1 Å². The zero-order valence-corrected chi connectivity index (χ0v) is 10.4. The Balaban J connectivity index is 2.84. The maximum Gasteiger partial charge on any atom is 0.433 e. The highest BCUT2D eigenvalue weighted by molar-refractivity contribution is 6.36. The predicted octanol–water partition coefficient (Wildman–Crippen LogP) is 4.22. The van der Waals surface area contributed by atoms with E-state index in [9.17, 15) is 13.2 Å². The second kappa shape index (κ2) is 4.31. The van der Waals surface area contributed by atoms with E-state index in [0.29, 0.717) is 10.4 Å². The van der Waals surface area contributed by atoms with E-state index < -0.39 is 11.9 Å². The normalized spacial score (nSPS) is 11.9. The smallest absolute Gasteiger partial charge is 0.433 e. The van der Waals surface area contributed by atoms with Crippen LogP contribution in [0, 0.1) is 6.92 Å². The molecule has 0 fully saturated rings. The van der Waals surface area contributed by atoms with Gasteiger partial charge in [0.25, 0.3) is 0 Å². The molecular formula is C12H9ClF3NO. The lowest BCUT2D eigenvalue weighted by Crippen LogP contribution is -2.08. The van der Waals surface area contributed by atoms with E-state index in [0.717, 1.165) is 11.6 Å². The van der Waals surface area contributed by atoms with E-state index in [4.69, 9.17) is 16.3 Å². The summed E-state index contributed by atoms with van der Waals surface area (Å²) in [5, 5.41) is 0.748. The molecule has 0 amide bonds. The first kappa shape index (κ1) is 13.0. The number of halogens is 4. The molecule has 2 rings (SSSR count). The number of aromatic nitrogens is 1. The highest BCUT2D eigenvalue weighted by atomic mass is 35.5. The number of hydrogen-bond donors (Lipinski definition) is 0. The number of rotatable bonds is 1. The van der Waals surface area contributed by atoms with Gasteiger partial charge in [-0.1, -0.05) is 17.7 Å². The Hall–Kier alpha value is -1.49. The largest absolute Gasteiger partial charge is 0.496 e. The summed E-state index contributed by atoms with van der Waals surface area (Å²) in [6, 6.07) is 3.97. The molecule has 6 heteroatoms. The molecular weight excluding hydrogens is 267 g/mol. The third-order valence-electron chi connectivity index (χ3n) is 2.58. The summed E-state index contributed by atoms with van der Waals surface area (Å²) < 4.78 is 43.0. The van der Waals surface area contributed by atoms with Gasteiger partial charge < -0.3 is 4.74 Å². The van der Waals surface area contributed by atoms with Crippen LogP contribution in [-0.2, 0) is 6.18 Å². The molecule has 0 spiro atoms. The second-order valence-corrected chi connectivity index (χ2v) is 4.18. The first-order chi connectivity index (χ1) is 8.34. The quantitative estimate of drug-likeness (QED) is 0.777. The van der Waals surface area contributed by atoms with Crippen LogP contribution in [0.2, 0.25) is 5.02 Å². The molecule has 0 atom stereocenters. The Morgan fingerprint density at radius 1 is 1.28 bits per heavy atom. The molecule has 0 radical (unpaired) electrons. The van der Waals surface area contributed by atoms with Crippen LogP contribution in [-0.4, -0.2) is 12.1 Å². The second-order valence-electron chi connectivity index (χ2n) is 3.80. The first-order valence-corrected chi connectivity index (χ1v) is 5.43. The number of benzene rings is 1. The number of nitrogens with zero attached hydrogens (tertiary/aromatic N) is 1. The van der Waals surface area contributed by atoms with E-state index in [2.05, 4.69) is 4.98 Å². The lowest BCUT2D eigenvalue weighted by molar-refractivity contribution is -0.141. The first-order valence-electron chi connectivity index (χ1n) is 5.05. The van der Waals surface area contributed by atoms with Gasteiger partial charge in [0.05, 0.1) is 23.0 Å². The zero-order chi connectivity index (χ0) is 13.5. The van der Waals surface area contributed by atoms with Crippen LogP contribution in [0.25, 0.3) is 10.9 Å². The molecule has 0 aliphatic heterocycles. The Labute approximate surface area is 106 Å². The Morgan fingerprint density at radius 2 is 1.94 bits per heavy atom. The topological polar surface area (TPSA) is 22.1 Å². The van der Waals surface area contributed by atoms with Gasteiger partial charge >= 0.3 is 6.18 Å². The number of aryl methyl sites for hydroxylation is 1. The molecule has 2 nitrogen and oxygen atoms in total. The van der Waals surface area contributed by atoms with Crippen LogP contribution in [0.4, 0.5) is 13.2 Å². The van der Waals surface area contributed by atoms with Crippen LogP contribution in [0.5, 0.6) is 5.75 Å². The Kier molecular flexibility index (Phi) is 3.11. The highest BCUT2D eigenvalue weighted by Crippen LogP contribution is 2.37. The van der Waals surface area contributed by atoms with E-state index >= 15 is 0 Å². The fraction of sp³-hybridized carbons (Fsp3) is 0.250. The molecule has 18 heavy (non-hydrogen) atoms. The minimum absolute atomic E-state index is 0.0704. The van der Waals surface area contributed by atoms with Gasteiger partial charge in [-0.05, 0) is 18.6 Å². The van der Waals surface area contributed by atoms with Crippen molar-refractivity contribution in [2.75, 3.05) is 7.11 Å². The molecule has 0 aliphatic carbocycles. The maximum atomic E-state index is 12.7. The summed E-state index contributed by atoms with van der Waals surface area (Å²) in [5.41, 5.74) is -0.0759. The van der Waals surface area contributed by atoms with Gasteiger partial charge in [0, 0.05) is 6.07 Å². The van der Waals surface area contributed by atoms with E-state index in [1.807, 2.05) is 0 Å². The van der Waals surface area contributed by atoms with E-state index in [-0.39, 0.29) is 11.3 Å². The fourth-order valence-corrected chi connectivity index (χ4v) is 1.92. The van der Waals surface area contributed by atoms with Crippen molar-refractivity contribution in [3.63, 3.8) is 0 Å². The standard InChI is InChI=1S/C12H9ClF3NO/c1-6-3-4-7-10(11(6)13)8(18-2)5-9(17-7)12(14,15)16/h3-5H,1-2H3. The Morgan fingerprint density at radius 3 is 2.50 bits per heavy atom. The summed E-state index contributed by atoms with van der Waals surface area (Å²) in [5.74, 6) is 0.0704. The number of alkyl halides is 3. The molecule has 0 saturated carbocycles. The molecule has 2 aromatic rings. The van der Waals surface area contributed by atoms with Crippen molar-refractivity contribution in [1.29, 1.82) is 0 Å². The maximum absolute atomic E-state index is 12.7. The molecule has 1 heterocycles. The van der Waals surface area contributed by atoms with Gasteiger partial charge in [-0.25, -0.2) is 4.98 Å². The summed E-state index contributed by atoms with van der Waals surface area (Å²) >= 11 is 6.08. The molecule has 0 bridgehead atoms. The van der Waals surface area contributed by atoms with Gasteiger partial charge in [0.1, 0.15) is 11.4 Å². The lowest BCUT2D eigenvalue weighted by atomic mass is 10.1. The van der Waals surface area contributed by atoms with Gasteiger partial charge in [0.15, 0.2) is 0 Å². The fourth-order valence-electron chi connectivity index (χ4n) is 1.66. The third kappa shape index (κ3) is 2.10. The minimum Gasteiger partial charge on any atom is -0.496 e. The molecule has 96 valence electrons. The monoisotopic (exact) mass is 275 g/mol. The number of pyridine rings is 1. The van der Waals surface area contributed by atoms with Gasteiger partial charge in [-0.3, -0.25) is 0 Å². The van der Waals surface area contributed by atoms with Gasteiger partial charge in [0.2, 0.25) is 0 Å². The molecule has 1 aromatic heterocycles. The Bertz CT molecular complexity index is 610. The van der Waals surface area contributed by atoms with Crippen molar-refractivity contribution in [3.05, 3.63) is 34.5 Å². The van der Waals surface area contributed by atoms with Gasteiger partial charge in [-0.15, -0.1) is 0 Å². The van der Waals surface area contributed by atoms with Crippen LogP contribution in [0.3, 0.4) is 0 Å². The van der Waals surface area contributed by atoms with Crippen LogP contribution in [0.1, 0.15) is 11.3 Å². The number of fused-ring (bicyclic) bond motifs is 1. The average Bonchev–Trinajstić information content (AvgIpc) is 2.31. The van der Waals surface area contributed by atoms with Crippen LogP contribution in [0.15, 0.2) is 18.2 Å². The summed E-state index contributed by atoms with van der Waals surface area (Å²) in [7, 11) is 1.30. The zero-order valence-electron chi connectivity index (χ0n) is 9.60. The minimum atomic E-state index is -4.52. The molecule has 0 N–H and O–H groups in total. The van der Waals surface area contributed by atoms with Gasteiger partial charge in [-0.2, -0.15) is 13.2 Å². The van der Waals surface area contributed by atoms with Crippen molar-refractivity contribution < 1.29 is 17.9 Å². The van der Waals surface area contributed by atoms with Crippen LogP contribution < -0.4 is 4.74 Å². The van der Waals surface area contributed by atoms with Crippen molar-refractivity contribution in [3.8, 4) is 5.75 Å². The summed E-state index contributed by atoms with van der Waals surface area (Å²) in [6.07, 6.45) is -4.52. The lowest BCUT2D eigenvalue weighted by Gasteiger charge is -2.12. The van der Waals surface area contributed by atoms with Crippen molar-refractivity contribution in [2.24, 2.45) is 0 Å². The molecule has 0 saturated heterocycles. The number of methoxy groups -OCH3 is 1.